The molecule has 0 aliphatic carbocycles. The van der Waals surface area contributed by atoms with E-state index in [0.717, 1.165) is 13.1 Å². The predicted molar refractivity (Wildman–Crippen MR) is 66.7 cm³/mol. The Morgan fingerprint density at radius 1 is 1.47 bits per heavy atom. The van der Waals surface area contributed by atoms with Crippen molar-refractivity contribution in [3.63, 3.8) is 0 Å². The van der Waals surface area contributed by atoms with E-state index < -0.39 is 0 Å². The summed E-state index contributed by atoms with van der Waals surface area (Å²) in [5, 5.41) is 5.99. The van der Waals surface area contributed by atoms with Gasteiger partial charge in [-0.3, -0.25) is 4.79 Å². The fourth-order valence-electron chi connectivity index (χ4n) is 1.65. The molecule has 94 valence electrons. The Hall–Kier alpha value is -1.13. The van der Waals surface area contributed by atoms with Crippen molar-refractivity contribution in [2.75, 3.05) is 19.6 Å². The van der Waals surface area contributed by atoms with Crippen molar-refractivity contribution in [1.29, 1.82) is 0 Å². The number of hydrogen-bond donors (Lipinski definition) is 2. The third kappa shape index (κ3) is 4.32. The first-order valence-corrected chi connectivity index (χ1v) is 5.46. The number of carbonyl (C=O) groups is 1. The van der Waals surface area contributed by atoms with Gasteiger partial charge in [0, 0.05) is 25.6 Å². The maximum absolute atomic E-state index is 12.9. The van der Waals surface area contributed by atoms with Crippen LogP contribution in [0, 0.1) is 11.7 Å². The van der Waals surface area contributed by atoms with Crippen LogP contribution in [-0.2, 0) is 11.2 Å². The van der Waals surface area contributed by atoms with Crippen molar-refractivity contribution in [3.05, 3.63) is 35.6 Å². The molecule has 1 aromatic rings. The van der Waals surface area contributed by atoms with Crippen molar-refractivity contribution in [1.82, 2.24) is 10.6 Å². The van der Waals surface area contributed by atoms with Crippen LogP contribution in [-0.4, -0.2) is 25.5 Å². The molecule has 1 aliphatic heterocycles. The highest BCUT2D eigenvalue weighted by molar-refractivity contribution is 5.85. The van der Waals surface area contributed by atoms with E-state index in [0.29, 0.717) is 18.0 Å². The van der Waals surface area contributed by atoms with Gasteiger partial charge in [0.1, 0.15) is 5.82 Å². The number of benzene rings is 1. The molecule has 2 rings (SSSR count). The molecule has 0 saturated carbocycles. The van der Waals surface area contributed by atoms with Crippen LogP contribution in [0.5, 0.6) is 0 Å². The van der Waals surface area contributed by atoms with E-state index in [1.165, 1.54) is 12.1 Å². The smallest absolute Gasteiger partial charge is 0.224 e. The van der Waals surface area contributed by atoms with Crippen LogP contribution in [0.15, 0.2) is 24.3 Å². The molecule has 1 fully saturated rings. The number of rotatable bonds is 4. The molecule has 1 heterocycles. The van der Waals surface area contributed by atoms with Gasteiger partial charge in [-0.15, -0.1) is 12.4 Å². The second-order valence-electron chi connectivity index (χ2n) is 4.14. The van der Waals surface area contributed by atoms with Gasteiger partial charge in [-0.2, -0.15) is 0 Å². The summed E-state index contributed by atoms with van der Waals surface area (Å²) in [5.41, 5.74) is 0.712. The van der Waals surface area contributed by atoms with E-state index in [1.807, 2.05) is 0 Å². The Labute approximate surface area is 106 Å². The number of hydrogen-bond acceptors (Lipinski definition) is 2. The third-order valence-corrected chi connectivity index (χ3v) is 2.71. The molecular weight excluding hydrogens is 243 g/mol. The highest BCUT2D eigenvalue weighted by Crippen LogP contribution is 2.05. The Morgan fingerprint density at radius 2 is 2.24 bits per heavy atom. The molecule has 0 atom stereocenters. The SMILES string of the molecule is Cl.O=C(Cc1cccc(F)c1)NCC1CNC1. The van der Waals surface area contributed by atoms with Gasteiger partial charge in [0.25, 0.3) is 0 Å². The van der Waals surface area contributed by atoms with Gasteiger partial charge in [-0.05, 0) is 17.7 Å². The van der Waals surface area contributed by atoms with Crippen LogP contribution in [0.3, 0.4) is 0 Å². The van der Waals surface area contributed by atoms with Crippen LogP contribution < -0.4 is 10.6 Å². The summed E-state index contributed by atoms with van der Waals surface area (Å²) >= 11 is 0. The van der Waals surface area contributed by atoms with Crippen LogP contribution in [0.4, 0.5) is 4.39 Å². The van der Waals surface area contributed by atoms with Crippen molar-refractivity contribution >= 4 is 18.3 Å². The zero-order chi connectivity index (χ0) is 11.4. The number of amides is 1. The standard InChI is InChI=1S/C12H15FN2O.ClH/c13-11-3-1-2-9(4-11)5-12(16)15-8-10-6-14-7-10;/h1-4,10,14H,5-8H2,(H,15,16);1H. The predicted octanol–water partition coefficient (Wildman–Crippen LogP) is 1.13. The topological polar surface area (TPSA) is 41.1 Å². The van der Waals surface area contributed by atoms with Gasteiger partial charge in [0.15, 0.2) is 0 Å². The molecule has 1 aliphatic rings. The monoisotopic (exact) mass is 258 g/mol. The van der Waals surface area contributed by atoms with E-state index in [2.05, 4.69) is 10.6 Å². The summed E-state index contributed by atoms with van der Waals surface area (Å²) in [5.74, 6) is 0.211. The van der Waals surface area contributed by atoms with E-state index >= 15 is 0 Å². The molecule has 17 heavy (non-hydrogen) atoms. The van der Waals surface area contributed by atoms with Crippen molar-refractivity contribution in [2.45, 2.75) is 6.42 Å². The summed E-state index contributed by atoms with van der Waals surface area (Å²) in [6, 6.07) is 6.15. The van der Waals surface area contributed by atoms with E-state index in [1.54, 1.807) is 12.1 Å². The van der Waals surface area contributed by atoms with Crippen LogP contribution in [0.25, 0.3) is 0 Å². The second-order valence-corrected chi connectivity index (χ2v) is 4.14. The Balaban J connectivity index is 0.00000144. The molecule has 0 spiro atoms. The summed E-state index contributed by atoms with van der Waals surface area (Å²) in [7, 11) is 0. The maximum atomic E-state index is 12.9. The molecule has 3 nitrogen and oxygen atoms in total. The van der Waals surface area contributed by atoms with Gasteiger partial charge in [-0.25, -0.2) is 4.39 Å². The first kappa shape index (κ1) is 13.9. The summed E-state index contributed by atoms with van der Waals surface area (Å²) in [6.45, 7) is 2.65. The summed E-state index contributed by atoms with van der Waals surface area (Å²) < 4.78 is 12.9. The molecule has 1 aromatic carbocycles. The van der Waals surface area contributed by atoms with Crippen LogP contribution >= 0.6 is 12.4 Å². The lowest BCUT2D eigenvalue weighted by molar-refractivity contribution is -0.120. The number of nitrogens with one attached hydrogen (secondary N) is 2. The van der Waals surface area contributed by atoms with Gasteiger partial charge >= 0.3 is 0 Å². The minimum Gasteiger partial charge on any atom is -0.355 e. The van der Waals surface area contributed by atoms with Crippen LogP contribution in [0.2, 0.25) is 0 Å². The van der Waals surface area contributed by atoms with E-state index in [-0.39, 0.29) is 30.6 Å². The molecule has 1 saturated heterocycles. The lowest BCUT2D eigenvalue weighted by Crippen LogP contribution is -2.48. The number of halogens is 2. The lowest BCUT2D eigenvalue weighted by Gasteiger charge is -2.27. The van der Waals surface area contributed by atoms with Gasteiger partial charge in [0.05, 0.1) is 6.42 Å². The molecule has 0 unspecified atom stereocenters. The van der Waals surface area contributed by atoms with Gasteiger partial charge in [-0.1, -0.05) is 12.1 Å². The molecule has 5 heteroatoms. The minimum atomic E-state index is -0.298. The highest BCUT2D eigenvalue weighted by atomic mass is 35.5. The lowest BCUT2D eigenvalue weighted by atomic mass is 10.0. The molecule has 2 N–H and O–H groups in total. The highest BCUT2D eigenvalue weighted by Gasteiger charge is 2.17. The zero-order valence-electron chi connectivity index (χ0n) is 9.41. The first-order valence-electron chi connectivity index (χ1n) is 5.46. The average molecular weight is 259 g/mol. The Morgan fingerprint density at radius 3 is 2.82 bits per heavy atom. The van der Waals surface area contributed by atoms with Crippen molar-refractivity contribution < 1.29 is 9.18 Å². The summed E-state index contributed by atoms with van der Waals surface area (Å²) in [4.78, 5) is 11.5. The summed E-state index contributed by atoms with van der Waals surface area (Å²) in [6.07, 6.45) is 0.248. The quantitative estimate of drug-likeness (QED) is 0.850. The molecule has 0 bridgehead atoms. The maximum Gasteiger partial charge on any atom is 0.224 e. The van der Waals surface area contributed by atoms with Crippen LogP contribution in [0.1, 0.15) is 5.56 Å². The largest absolute Gasteiger partial charge is 0.355 e. The molecule has 0 aromatic heterocycles. The number of carbonyl (C=O) groups excluding carboxylic acids is 1. The molecule has 1 amide bonds. The zero-order valence-corrected chi connectivity index (χ0v) is 10.2. The molecular formula is C12H16ClFN2O. The van der Waals surface area contributed by atoms with Crippen molar-refractivity contribution in [3.8, 4) is 0 Å². The fraction of sp³-hybridized carbons (Fsp3) is 0.417. The third-order valence-electron chi connectivity index (χ3n) is 2.71. The van der Waals surface area contributed by atoms with Crippen molar-refractivity contribution in [2.24, 2.45) is 5.92 Å². The van der Waals surface area contributed by atoms with Gasteiger partial charge in [0.2, 0.25) is 5.91 Å². The van der Waals surface area contributed by atoms with Gasteiger partial charge < -0.3 is 10.6 Å². The molecule has 0 radical (unpaired) electrons. The minimum absolute atomic E-state index is 0. The first-order chi connectivity index (χ1) is 7.74. The fourth-order valence-corrected chi connectivity index (χ4v) is 1.65. The normalized spacial score (nSPS) is 14.6. The Bertz CT molecular complexity index is 383. The van der Waals surface area contributed by atoms with E-state index in [9.17, 15) is 9.18 Å². The van der Waals surface area contributed by atoms with E-state index in [4.69, 9.17) is 0 Å². The Kier molecular flexibility index (Phi) is 5.38. The second kappa shape index (κ2) is 6.57. The average Bonchev–Trinajstić information content (AvgIpc) is 2.15.